The van der Waals surface area contributed by atoms with Crippen molar-refractivity contribution in [2.24, 2.45) is 0 Å². The molecule has 3 aromatic rings. The zero-order valence-electron chi connectivity index (χ0n) is 14.4. The molecule has 0 unspecified atom stereocenters. The number of carbonyl (C=O) groups excluding carboxylic acids is 1. The molecule has 0 fully saturated rings. The monoisotopic (exact) mass is 356 g/mol. The van der Waals surface area contributed by atoms with Crippen LogP contribution < -0.4 is 15.8 Å². The van der Waals surface area contributed by atoms with Crippen molar-refractivity contribution < 1.29 is 9.53 Å². The van der Waals surface area contributed by atoms with Crippen molar-refractivity contribution in [3.05, 3.63) is 46.0 Å². The Morgan fingerprint density at radius 3 is 2.64 bits per heavy atom. The van der Waals surface area contributed by atoms with Crippen LogP contribution in [0.2, 0.25) is 0 Å². The number of hydrogen-bond donors (Lipinski definition) is 2. The lowest BCUT2D eigenvalue weighted by atomic mass is 10.1. The van der Waals surface area contributed by atoms with Gasteiger partial charge in [0.1, 0.15) is 15.5 Å². The largest absolute Gasteiger partial charge is 0.494 e. The number of carbonyl (C=O) groups is 1. The standard InChI is InChI=1S/C18H20N4O2S/c1-4-24-13-7-5-12(6-8-13)9-20-17(23)16-15(19)14-10(2)11(3)21-22-18(14)25-16/h5-8H,4,9,19H2,1-3H3,(H,20,23). The summed E-state index contributed by atoms with van der Waals surface area (Å²) in [6.07, 6.45) is 0. The number of hydrogen-bond acceptors (Lipinski definition) is 6. The number of thiophene rings is 1. The minimum atomic E-state index is -0.202. The third kappa shape index (κ3) is 3.41. The van der Waals surface area contributed by atoms with Crippen molar-refractivity contribution in [1.29, 1.82) is 0 Å². The van der Waals surface area contributed by atoms with Gasteiger partial charge in [-0.2, -0.15) is 5.10 Å². The first-order chi connectivity index (χ1) is 12.0. The van der Waals surface area contributed by atoms with Gasteiger partial charge in [-0.3, -0.25) is 4.79 Å². The maximum Gasteiger partial charge on any atom is 0.263 e. The van der Waals surface area contributed by atoms with E-state index in [4.69, 9.17) is 10.5 Å². The van der Waals surface area contributed by atoms with Gasteiger partial charge in [0.25, 0.3) is 5.91 Å². The third-order valence-corrected chi connectivity index (χ3v) is 5.12. The summed E-state index contributed by atoms with van der Waals surface area (Å²) in [6, 6.07) is 7.64. The van der Waals surface area contributed by atoms with Crippen molar-refractivity contribution in [3.63, 3.8) is 0 Å². The highest BCUT2D eigenvalue weighted by atomic mass is 32.1. The first-order valence-electron chi connectivity index (χ1n) is 8.03. The molecule has 6 nitrogen and oxygen atoms in total. The predicted molar refractivity (Wildman–Crippen MR) is 100 cm³/mol. The maximum absolute atomic E-state index is 12.5. The van der Waals surface area contributed by atoms with Crippen LogP contribution >= 0.6 is 11.3 Å². The number of aromatic nitrogens is 2. The van der Waals surface area contributed by atoms with Crippen LogP contribution in [-0.4, -0.2) is 22.7 Å². The van der Waals surface area contributed by atoms with E-state index in [0.29, 0.717) is 28.5 Å². The zero-order chi connectivity index (χ0) is 18.0. The minimum absolute atomic E-state index is 0.202. The van der Waals surface area contributed by atoms with Gasteiger partial charge in [0.05, 0.1) is 18.0 Å². The Morgan fingerprint density at radius 1 is 1.24 bits per heavy atom. The first kappa shape index (κ1) is 17.2. The highest BCUT2D eigenvalue weighted by Gasteiger charge is 2.19. The average Bonchev–Trinajstić information content (AvgIpc) is 2.95. The Kier molecular flexibility index (Phi) is 4.85. The summed E-state index contributed by atoms with van der Waals surface area (Å²) in [4.78, 5) is 13.7. The molecule has 0 aliphatic rings. The van der Waals surface area contributed by atoms with Gasteiger partial charge in [0.2, 0.25) is 0 Å². The van der Waals surface area contributed by atoms with Crippen LogP contribution in [0.4, 0.5) is 5.69 Å². The van der Waals surface area contributed by atoms with Crippen LogP contribution in [-0.2, 0) is 6.54 Å². The Labute approximate surface area is 150 Å². The van der Waals surface area contributed by atoms with E-state index in [1.807, 2.05) is 45.0 Å². The molecule has 3 rings (SSSR count). The molecule has 1 amide bonds. The quantitative estimate of drug-likeness (QED) is 0.732. The van der Waals surface area contributed by atoms with E-state index in [1.165, 1.54) is 11.3 Å². The lowest BCUT2D eigenvalue weighted by Crippen LogP contribution is -2.22. The fraction of sp³-hybridized carbons (Fsp3) is 0.278. The van der Waals surface area contributed by atoms with E-state index in [1.54, 1.807) is 0 Å². The Hall–Kier alpha value is -2.67. The van der Waals surface area contributed by atoms with Crippen molar-refractivity contribution >= 4 is 33.1 Å². The number of nitrogens with two attached hydrogens (primary N) is 1. The fourth-order valence-electron chi connectivity index (χ4n) is 2.54. The molecule has 3 N–H and O–H groups in total. The van der Waals surface area contributed by atoms with Crippen molar-refractivity contribution in [2.75, 3.05) is 12.3 Å². The van der Waals surface area contributed by atoms with Crippen LogP contribution in [0.3, 0.4) is 0 Å². The van der Waals surface area contributed by atoms with Gasteiger partial charge < -0.3 is 15.8 Å². The number of anilines is 1. The van der Waals surface area contributed by atoms with E-state index in [0.717, 1.165) is 28.0 Å². The molecular weight excluding hydrogens is 336 g/mol. The highest BCUT2D eigenvalue weighted by molar-refractivity contribution is 7.21. The molecule has 0 bridgehead atoms. The van der Waals surface area contributed by atoms with Crippen LogP contribution in [0.5, 0.6) is 5.75 Å². The summed E-state index contributed by atoms with van der Waals surface area (Å²) in [7, 11) is 0. The normalized spacial score (nSPS) is 10.8. The Bertz CT molecular complexity index is 919. The minimum Gasteiger partial charge on any atom is -0.494 e. The van der Waals surface area contributed by atoms with Gasteiger partial charge in [-0.25, -0.2) is 0 Å². The predicted octanol–water partition coefficient (Wildman–Crippen LogP) is 3.22. The summed E-state index contributed by atoms with van der Waals surface area (Å²) in [5, 5.41) is 12.0. The lowest BCUT2D eigenvalue weighted by molar-refractivity contribution is 0.0956. The van der Waals surface area contributed by atoms with Gasteiger partial charge in [0, 0.05) is 11.9 Å². The van der Waals surface area contributed by atoms with Crippen molar-refractivity contribution in [3.8, 4) is 5.75 Å². The zero-order valence-corrected chi connectivity index (χ0v) is 15.2. The molecule has 25 heavy (non-hydrogen) atoms. The maximum atomic E-state index is 12.5. The summed E-state index contributed by atoms with van der Waals surface area (Å²) in [5.41, 5.74) is 9.44. The van der Waals surface area contributed by atoms with Gasteiger partial charge in [-0.1, -0.05) is 12.1 Å². The van der Waals surface area contributed by atoms with Gasteiger partial charge in [-0.05, 0) is 44.0 Å². The van der Waals surface area contributed by atoms with Crippen LogP contribution in [0.1, 0.15) is 33.4 Å². The molecule has 2 aromatic heterocycles. The van der Waals surface area contributed by atoms with Crippen LogP contribution in [0, 0.1) is 13.8 Å². The number of nitrogens with zero attached hydrogens (tertiary/aromatic N) is 2. The first-order valence-corrected chi connectivity index (χ1v) is 8.84. The number of rotatable bonds is 5. The molecule has 0 saturated heterocycles. The summed E-state index contributed by atoms with van der Waals surface area (Å²) >= 11 is 1.27. The number of aryl methyl sites for hydroxylation is 2. The number of benzene rings is 1. The van der Waals surface area contributed by atoms with E-state index >= 15 is 0 Å². The number of nitrogens with one attached hydrogen (secondary N) is 1. The smallest absolute Gasteiger partial charge is 0.263 e. The molecule has 0 saturated carbocycles. The number of fused-ring (bicyclic) bond motifs is 1. The van der Waals surface area contributed by atoms with Crippen LogP contribution in [0.15, 0.2) is 24.3 Å². The van der Waals surface area contributed by atoms with Gasteiger partial charge in [0.15, 0.2) is 0 Å². The van der Waals surface area contributed by atoms with E-state index in [2.05, 4.69) is 15.5 Å². The summed E-state index contributed by atoms with van der Waals surface area (Å²) < 4.78 is 5.41. The molecule has 0 spiro atoms. The molecule has 0 aliphatic heterocycles. The molecular formula is C18H20N4O2S. The number of amides is 1. The topological polar surface area (TPSA) is 90.1 Å². The highest BCUT2D eigenvalue weighted by Crippen LogP contribution is 2.34. The lowest BCUT2D eigenvalue weighted by Gasteiger charge is -2.07. The number of ether oxygens (including phenoxy) is 1. The Morgan fingerprint density at radius 2 is 1.96 bits per heavy atom. The van der Waals surface area contributed by atoms with Gasteiger partial charge >= 0.3 is 0 Å². The van der Waals surface area contributed by atoms with E-state index in [-0.39, 0.29) is 5.91 Å². The molecule has 130 valence electrons. The van der Waals surface area contributed by atoms with Gasteiger partial charge in [-0.15, -0.1) is 16.4 Å². The van der Waals surface area contributed by atoms with E-state index in [9.17, 15) is 4.79 Å². The van der Waals surface area contributed by atoms with Crippen molar-refractivity contribution in [1.82, 2.24) is 15.5 Å². The fourth-order valence-corrected chi connectivity index (χ4v) is 3.56. The van der Waals surface area contributed by atoms with Crippen LogP contribution in [0.25, 0.3) is 10.2 Å². The molecule has 0 aliphatic carbocycles. The van der Waals surface area contributed by atoms with Crippen molar-refractivity contribution in [2.45, 2.75) is 27.3 Å². The second-order valence-corrected chi connectivity index (χ2v) is 6.69. The number of nitrogen functional groups attached to an aromatic ring is 1. The van der Waals surface area contributed by atoms with E-state index < -0.39 is 0 Å². The average molecular weight is 356 g/mol. The second kappa shape index (κ2) is 7.06. The second-order valence-electron chi connectivity index (χ2n) is 5.70. The molecule has 1 aromatic carbocycles. The molecule has 2 heterocycles. The SMILES string of the molecule is CCOc1ccc(CNC(=O)c2sc3nnc(C)c(C)c3c2N)cc1. The molecule has 7 heteroatoms. The summed E-state index contributed by atoms with van der Waals surface area (Å²) in [5.74, 6) is 0.613. The molecule has 0 atom stereocenters. The summed E-state index contributed by atoms with van der Waals surface area (Å²) in [6.45, 7) is 6.81. The molecule has 0 radical (unpaired) electrons. The third-order valence-electron chi connectivity index (χ3n) is 4.03. The Balaban J connectivity index is 1.76.